The van der Waals surface area contributed by atoms with Gasteiger partial charge < -0.3 is 5.32 Å². The van der Waals surface area contributed by atoms with Crippen LogP contribution in [0.5, 0.6) is 0 Å². The normalized spacial score (nSPS) is 12.7. The molecule has 0 aromatic heterocycles. The molecule has 0 aliphatic heterocycles. The fourth-order valence-electron chi connectivity index (χ4n) is 1.83. The number of sulfonamides is 1. The molecular weight excluding hydrogens is 414 g/mol. The number of carbonyl (C=O) groups is 1. The first-order valence-corrected chi connectivity index (χ1v) is 9.45. The zero-order valence-electron chi connectivity index (χ0n) is 12.7. The Bertz CT molecular complexity index is 905. The van der Waals surface area contributed by atoms with Crippen LogP contribution in [0.25, 0.3) is 0 Å². The van der Waals surface area contributed by atoms with Gasteiger partial charge >= 0.3 is 0 Å². The van der Waals surface area contributed by atoms with E-state index in [0.717, 1.165) is 24.3 Å². The third-order valence-corrected chi connectivity index (χ3v) is 5.71. The van der Waals surface area contributed by atoms with E-state index in [0.29, 0.717) is 0 Å². The van der Waals surface area contributed by atoms with Gasteiger partial charge in [0.15, 0.2) is 0 Å². The van der Waals surface area contributed by atoms with Crippen molar-refractivity contribution in [3.8, 4) is 0 Å². The van der Waals surface area contributed by atoms with Gasteiger partial charge in [0, 0.05) is 0 Å². The lowest BCUT2D eigenvalue weighted by Gasteiger charge is -2.15. The maximum atomic E-state index is 12.9. The monoisotopic (exact) mass is 424 g/mol. The molecular formula is C15H12Cl3FN2O3S. The predicted octanol–water partition coefficient (Wildman–Crippen LogP) is 4.09. The van der Waals surface area contributed by atoms with Crippen LogP contribution in [0.15, 0.2) is 41.3 Å². The number of hydrogen-bond acceptors (Lipinski definition) is 3. The summed E-state index contributed by atoms with van der Waals surface area (Å²) in [5.74, 6) is -1.23. The van der Waals surface area contributed by atoms with Gasteiger partial charge in [-0.05, 0) is 43.3 Å². The van der Waals surface area contributed by atoms with Crippen LogP contribution in [0.4, 0.5) is 10.1 Å². The van der Waals surface area contributed by atoms with E-state index in [1.165, 1.54) is 19.1 Å². The number of rotatable bonds is 5. The van der Waals surface area contributed by atoms with Crippen molar-refractivity contribution in [2.75, 3.05) is 5.32 Å². The summed E-state index contributed by atoms with van der Waals surface area (Å²) in [4.78, 5) is 12.0. The Labute approximate surface area is 159 Å². The van der Waals surface area contributed by atoms with Crippen LogP contribution in [-0.2, 0) is 14.8 Å². The molecule has 0 fully saturated rings. The molecule has 2 N–H and O–H groups in total. The molecule has 0 saturated heterocycles. The summed E-state index contributed by atoms with van der Waals surface area (Å²) in [5.41, 5.74) is 0.189. The molecule has 5 nitrogen and oxygen atoms in total. The highest BCUT2D eigenvalue weighted by atomic mass is 35.5. The first-order chi connectivity index (χ1) is 11.6. The van der Waals surface area contributed by atoms with Gasteiger partial charge in [-0.2, -0.15) is 4.72 Å². The minimum absolute atomic E-state index is 0.149. The number of amides is 1. The lowest BCUT2D eigenvalue weighted by Crippen LogP contribution is -2.41. The third-order valence-electron chi connectivity index (χ3n) is 3.12. The van der Waals surface area contributed by atoms with Crippen LogP contribution in [-0.4, -0.2) is 20.4 Å². The van der Waals surface area contributed by atoms with Crippen LogP contribution >= 0.6 is 34.8 Å². The van der Waals surface area contributed by atoms with Crippen molar-refractivity contribution in [1.82, 2.24) is 4.72 Å². The van der Waals surface area contributed by atoms with Crippen LogP contribution in [0, 0.1) is 5.82 Å². The van der Waals surface area contributed by atoms with Gasteiger partial charge in [-0.25, -0.2) is 12.8 Å². The summed E-state index contributed by atoms with van der Waals surface area (Å²) in [6.07, 6.45) is 0. The summed E-state index contributed by atoms with van der Waals surface area (Å²) in [5, 5.41) is 3.01. The Morgan fingerprint density at radius 1 is 1.04 bits per heavy atom. The second-order valence-corrected chi connectivity index (χ2v) is 7.97. The van der Waals surface area contributed by atoms with Crippen LogP contribution in [0.3, 0.4) is 0 Å². The zero-order chi connectivity index (χ0) is 18.8. The van der Waals surface area contributed by atoms with Crippen molar-refractivity contribution in [1.29, 1.82) is 0 Å². The molecule has 0 unspecified atom stereocenters. The number of anilines is 1. The van der Waals surface area contributed by atoms with Gasteiger partial charge in [-0.3, -0.25) is 4.79 Å². The minimum Gasteiger partial charge on any atom is -0.323 e. The fourth-order valence-corrected chi connectivity index (χ4v) is 3.62. The van der Waals surface area contributed by atoms with Crippen molar-refractivity contribution in [2.24, 2.45) is 0 Å². The first kappa shape index (κ1) is 19.9. The van der Waals surface area contributed by atoms with E-state index < -0.39 is 27.8 Å². The van der Waals surface area contributed by atoms with Crippen molar-refractivity contribution in [3.63, 3.8) is 0 Å². The first-order valence-electron chi connectivity index (χ1n) is 6.83. The van der Waals surface area contributed by atoms with Crippen molar-refractivity contribution in [3.05, 3.63) is 57.3 Å². The standard InChI is InChI=1S/C15H12Cl3FN2O3S/c1-8(21-25(23,24)10-4-2-9(19)3-5-10)15(22)20-14-7-12(17)11(16)6-13(14)18/h2-8,21H,1H3,(H,20,22)/t8-/m0/s1. The van der Waals surface area contributed by atoms with Gasteiger partial charge in [-0.1, -0.05) is 34.8 Å². The molecule has 0 saturated carbocycles. The number of benzene rings is 2. The number of halogens is 4. The van der Waals surface area contributed by atoms with Crippen molar-refractivity contribution >= 4 is 56.4 Å². The SMILES string of the molecule is C[C@H](NS(=O)(=O)c1ccc(F)cc1)C(=O)Nc1cc(Cl)c(Cl)cc1Cl. The lowest BCUT2D eigenvalue weighted by molar-refractivity contribution is -0.117. The van der Waals surface area contributed by atoms with E-state index in [1.54, 1.807) is 0 Å². The van der Waals surface area contributed by atoms with Gasteiger partial charge in [0.05, 0.1) is 31.7 Å². The van der Waals surface area contributed by atoms with Crippen molar-refractivity contribution in [2.45, 2.75) is 17.9 Å². The molecule has 0 heterocycles. The molecule has 2 aromatic carbocycles. The molecule has 0 radical (unpaired) electrons. The molecule has 2 aromatic rings. The summed E-state index contributed by atoms with van der Waals surface area (Å²) in [6.45, 7) is 1.35. The second kappa shape index (κ2) is 7.88. The topological polar surface area (TPSA) is 75.3 Å². The average Bonchev–Trinajstić information content (AvgIpc) is 2.52. The van der Waals surface area contributed by atoms with Crippen LogP contribution in [0.2, 0.25) is 15.1 Å². The molecule has 2 rings (SSSR count). The van der Waals surface area contributed by atoms with Gasteiger partial charge in [-0.15, -0.1) is 0 Å². The average molecular weight is 426 g/mol. The fraction of sp³-hybridized carbons (Fsp3) is 0.133. The minimum atomic E-state index is -4.00. The third kappa shape index (κ3) is 5.05. The maximum absolute atomic E-state index is 12.9. The molecule has 0 aliphatic rings. The largest absolute Gasteiger partial charge is 0.323 e. The van der Waals surface area contributed by atoms with Crippen LogP contribution in [0.1, 0.15) is 6.92 Å². The Hall–Kier alpha value is -1.38. The Morgan fingerprint density at radius 3 is 2.20 bits per heavy atom. The summed E-state index contributed by atoms with van der Waals surface area (Å²) < 4.78 is 39.5. The smallest absolute Gasteiger partial charge is 0.242 e. The number of hydrogen-bond donors (Lipinski definition) is 2. The molecule has 0 bridgehead atoms. The van der Waals surface area contributed by atoms with E-state index in [2.05, 4.69) is 10.0 Å². The summed E-state index contributed by atoms with van der Waals surface area (Å²) >= 11 is 17.6. The quantitative estimate of drug-likeness (QED) is 0.709. The van der Waals surface area contributed by atoms with Crippen molar-refractivity contribution < 1.29 is 17.6 Å². The van der Waals surface area contributed by atoms with Gasteiger partial charge in [0.2, 0.25) is 15.9 Å². The highest BCUT2D eigenvalue weighted by Gasteiger charge is 2.23. The molecule has 25 heavy (non-hydrogen) atoms. The van der Waals surface area contributed by atoms with E-state index in [1.807, 2.05) is 0 Å². The molecule has 0 aliphatic carbocycles. The Balaban J connectivity index is 2.12. The van der Waals surface area contributed by atoms with Gasteiger partial charge in [0.1, 0.15) is 5.82 Å². The molecule has 134 valence electrons. The van der Waals surface area contributed by atoms with E-state index in [9.17, 15) is 17.6 Å². The highest BCUT2D eigenvalue weighted by Crippen LogP contribution is 2.32. The molecule has 1 amide bonds. The van der Waals surface area contributed by atoms with Gasteiger partial charge in [0.25, 0.3) is 0 Å². The second-order valence-electron chi connectivity index (χ2n) is 5.03. The zero-order valence-corrected chi connectivity index (χ0v) is 15.8. The molecule has 0 spiro atoms. The molecule has 1 atom stereocenters. The van der Waals surface area contributed by atoms with Crippen LogP contribution < -0.4 is 10.0 Å². The van der Waals surface area contributed by atoms with E-state index in [-0.39, 0.29) is 25.7 Å². The predicted molar refractivity (Wildman–Crippen MR) is 96.3 cm³/mol. The lowest BCUT2D eigenvalue weighted by atomic mass is 10.3. The summed E-state index contributed by atoms with van der Waals surface area (Å²) in [7, 11) is -4.00. The summed E-state index contributed by atoms with van der Waals surface area (Å²) in [6, 6.07) is 5.79. The molecule has 10 heteroatoms. The maximum Gasteiger partial charge on any atom is 0.242 e. The number of carbonyl (C=O) groups excluding carboxylic acids is 1. The number of nitrogens with one attached hydrogen (secondary N) is 2. The highest BCUT2D eigenvalue weighted by molar-refractivity contribution is 7.89. The van der Waals surface area contributed by atoms with E-state index in [4.69, 9.17) is 34.8 Å². The Morgan fingerprint density at radius 2 is 1.60 bits per heavy atom. The van der Waals surface area contributed by atoms with E-state index >= 15 is 0 Å². The Kier molecular flexibility index (Phi) is 6.29.